The molecule has 38 heavy (non-hydrogen) atoms. The summed E-state index contributed by atoms with van der Waals surface area (Å²) in [4.78, 5) is 40.0. The maximum Gasteiger partial charge on any atom is 0.407 e. The maximum atomic E-state index is 12.5. The van der Waals surface area contributed by atoms with Gasteiger partial charge in [-0.3, -0.25) is 4.79 Å². The first-order chi connectivity index (χ1) is 18.1. The van der Waals surface area contributed by atoms with Gasteiger partial charge in [0.2, 0.25) is 5.91 Å². The summed E-state index contributed by atoms with van der Waals surface area (Å²) in [5.74, 6) is -1.14. The van der Waals surface area contributed by atoms with Gasteiger partial charge in [-0.05, 0) is 75.2 Å². The third-order valence-electron chi connectivity index (χ3n) is 5.66. The Morgan fingerprint density at radius 3 is 2.50 bits per heavy atom. The van der Waals surface area contributed by atoms with Gasteiger partial charge >= 0.3 is 12.1 Å². The van der Waals surface area contributed by atoms with Gasteiger partial charge in [-0.15, -0.1) is 0 Å². The fraction of sp³-hybridized carbons (Fsp3) is 0.241. The molecule has 0 saturated heterocycles. The molecular formula is C29H30N4O5. The molecule has 0 aliphatic rings. The van der Waals surface area contributed by atoms with Crippen LogP contribution in [0.4, 0.5) is 10.5 Å². The fourth-order valence-electron chi connectivity index (χ4n) is 3.99. The molecule has 3 N–H and O–H groups in total. The highest BCUT2D eigenvalue weighted by atomic mass is 16.6. The summed E-state index contributed by atoms with van der Waals surface area (Å²) in [7, 11) is 0. The molecule has 4 aromatic rings. The Labute approximate surface area is 220 Å². The van der Waals surface area contributed by atoms with Crippen LogP contribution in [0.15, 0.2) is 73.1 Å². The number of carbonyl (C=O) groups is 3. The van der Waals surface area contributed by atoms with Crippen LogP contribution in [-0.2, 0) is 9.53 Å². The molecule has 196 valence electrons. The highest BCUT2D eigenvalue weighted by molar-refractivity contribution is 5.96. The van der Waals surface area contributed by atoms with Gasteiger partial charge in [0.05, 0.1) is 5.56 Å². The molecule has 4 rings (SSSR count). The van der Waals surface area contributed by atoms with E-state index in [-0.39, 0.29) is 17.9 Å². The standard InChI is InChI=1S/C29H30N4O5/c1-29(2,3)38-28(37)31-16-6-10-25(34)32-21-7-4-8-22(17-21)33-18-24(23-9-5-15-30-26(23)33)19-11-13-20(14-12-19)27(35)36/h4-5,7-9,11-15,17-18H,6,10,16H2,1-3H3,(H,31,37)(H,32,34)(H,35,36). The Balaban J connectivity index is 1.47. The number of hydrogen-bond acceptors (Lipinski definition) is 5. The number of benzene rings is 2. The smallest absolute Gasteiger partial charge is 0.407 e. The summed E-state index contributed by atoms with van der Waals surface area (Å²) in [5, 5.41) is 15.7. The van der Waals surface area contributed by atoms with Crippen molar-refractivity contribution in [3.63, 3.8) is 0 Å². The number of carboxylic acids is 1. The van der Waals surface area contributed by atoms with Gasteiger partial charge in [-0.2, -0.15) is 0 Å². The second-order valence-corrected chi connectivity index (χ2v) is 9.80. The number of carboxylic acid groups (broad SMARTS) is 1. The van der Waals surface area contributed by atoms with Gasteiger partial charge in [0.15, 0.2) is 0 Å². The van der Waals surface area contributed by atoms with Crippen molar-refractivity contribution in [1.29, 1.82) is 0 Å². The van der Waals surface area contributed by atoms with Gasteiger partial charge in [-0.1, -0.05) is 18.2 Å². The number of aromatic carboxylic acids is 1. The van der Waals surface area contributed by atoms with Crippen LogP contribution in [0.1, 0.15) is 44.0 Å². The Morgan fingerprint density at radius 1 is 1.03 bits per heavy atom. The average molecular weight is 515 g/mol. The lowest BCUT2D eigenvalue weighted by Gasteiger charge is -2.19. The number of amides is 2. The van der Waals surface area contributed by atoms with E-state index in [0.29, 0.717) is 18.7 Å². The van der Waals surface area contributed by atoms with Crippen LogP contribution in [-0.4, -0.2) is 44.8 Å². The van der Waals surface area contributed by atoms with Gasteiger partial charge in [-0.25, -0.2) is 14.6 Å². The van der Waals surface area contributed by atoms with Gasteiger partial charge in [0.25, 0.3) is 0 Å². The van der Waals surface area contributed by atoms with Crippen molar-refractivity contribution < 1.29 is 24.2 Å². The van der Waals surface area contributed by atoms with E-state index in [1.54, 1.807) is 51.2 Å². The molecule has 0 spiro atoms. The second kappa shape index (κ2) is 11.2. The number of nitrogens with one attached hydrogen (secondary N) is 2. The first-order valence-electron chi connectivity index (χ1n) is 12.3. The molecule has 0 unspecified atom stereocenters. The van der Waals surface area contributed by atoms with Crippen LogP contribution >= 0.6 is 0 Å². The number of fused-ring (bicyclic) bond motifs is 1. The molecule has 9 nitrogen and oxygen atoms in total. The molecule has 2 aromatic carbocycles. The van der Waals surface area contributed by atoms with Crippen molar-refractivity contribution in [3.8, 4) is 16.8 Å². The first-order valence-corrected chi connectivity index (χ1v) is 12.3. The molecule has 2 aromatic heterocycles. The predicted octanol–water partition coefficient (Wildman–Crippen LogP) is 5.63. The zero-order valence-corrected chi connectivity index (χ0v) is 21.5. The summed E-state index contributed by atoms with van der Waals surface area (Å²) < 4.78 is 7.13. The first kappa shape index (κ1) is 26.4. The van der Waals surface area contributed by atoms with Crippen LogP contribution in [0.2, 0.25) is 0 Å². The van der Waals surface area contributed by atoms with Crippen LogP contribution in [0.3, 0.4) is 0 Å². The molecule has 0 fully saturated rings. The summed E-state index contributed by atoms with van der Waals surface area (Å²) in [5.41, 5.74) is 3.62. The van der Waals surface area contributed by atoms with E-state index in [0.717, 1.165) is 27.8 Å². The Morgan fingerprint density at radius 2 is 1.79 bits per heavy atom. The quantitative estimate of drug-likeness (QED) is 0.262. The van der Waals surface area contributed by atoms with E-state index in [1.165, 1.54) is 0 Å². The number of nitrogens with zero attached hydrogens (tertiary/aromatic N) is 2. The van der Waals surface area contributed by atoms with E-state index in [2.05, 4.69) is 15.6 Å². The SMILES string of the molecule is CC(C)(C)OC(=O)NCCCC(=O)Nc1cccc(-n2cc(-c3ccc(C(=O)O)cc3)c3cccnc32)c1. The van der Waals surface area contributed by atoms with E-state index >= 15 is 0 Å². The van der Waals surface area contributed by atoms with Crippen molar-refractivity contribution in [2.45, 2.75) is 39.2 Å². The number of alkyl carbamates (subject to hydrolysis) is 1. The highest BCUT2D eigenvalue weighted by Crippen LogP contribution is 2.32. The van der Waals surface area contributed by atoms with Crippen LogP contribution in [0.25, 0.3) is 27.8 Å². The molecule has 0 aliphatic carbocycles. The second-order valence-electron chi connectivity index (χ2n) is 9.80. The normalized spacial score (nSPS) is 11.2. The zero-order chi connectivity index (χ0) is 27.3. The minimum atomic E-state index is -0.973. The summed E-state index contributed by atoms with van der Waals surface area (Å²) in [6.07, 6.45) is 3.88. The lowest BCUT2D eigenvalue weighted by Crippen LogP contribution is -2.33. The number of carbonyl (C=O) groups excluding carboxylic acids is 2. The monoisotopic (exact) mass is 514 g/mol. The van der Waals surface area contributed by atoms with Crippen molar-refractivity contribution in [2.75, 3.05) is 11.9 Å². The summed E-state index contributed by atoms with van der Waals surface area (Å²) >= 11 is 0. The summed E-state index contributed by atoms with van der Waals surface area (Å²) in [6, 6.07) is 18.0. The molecule has 0 aliphatic heterocycles. The lowest BCUT2D eigenvalue weighted by molar-refractivity contribution is -0.116. The molecule has 0 atom stereocenters. The summed E-state index contributed by atoms with van der Waals surface area (Å²) in [6.45, 7) is 5.71. The molecular weight excluding hydrogens is 484 g/mol. The predicted molar refractivity (Wildman–Crippen MR) is 146 cm³/mol. The van der Waals surface area contributed by atoms with Gasteiger partial charge in [0.1, 0.15) is 11.2 Å². The minimum absolute atomic E-state index is 0.164. The minimum Gasteiger partial charge on any atom is -0.478 e. The van der Waals surface area contributed by atoms with E-state index in [1.807, 2.05) is 47.2 Å². The lowest BCUT2D eigenvalue weighted by atomic mass is 10.0. The molecule has 0 bridgehead atoms. The Bertz CT molecular complexity index is 1470. The van der Waals surface area contributed by atoms with E-state index in [9.17, 15) is 19.5 Å². The number of hydrogen-bond donors (Lipinski definition) is 3. The average Bonchev–Trinajstić information content (AvgIpc) is 3.26. The molecule has 0 saturated carbocycles. The number of aromatic nitrogens is 2. The number of ether oxygens (including phenoxy) is 1. The molecule has 0 radical (unpaired) electrons. The Kier molecular flexibility index (Phi) is 7.76. The van der Waals surface area contributed by atoms with Crippen molar-refractivity contribution >= 4 is 34.7 Å². The van der Waals surface area contributed by atoms with Crippen molar-refractivity contribution in [1.82, 2.24) is 14.9 Å². The van der Waals surface area contributed by atoms with Crippen molar-refractivity contribution in [3.05, 3.63) is 78.6 Å². The number of rotatable bonds is 8. The molecule has 2 amide bonds. The van der Waals surface area contributed by atoms with Crippen LogP contribution in [0.5, 0.6) is 0 Å². The van der Waals surface area contributed by atoms with Crippen LogP contribution < -0.4 is 10.6 Å². The topological polar surface area (TPSA) is 123 Å². The maximum absolute atomic E-state index is 12.5. The van der Waals surface area contributed by atoms with E-state index in [4.69, 9.17) is 4.74 Å². The largest absolute Gasteiger partial charge is 0.478 e. The van der Waals surface area contributed by atoms with E-state index < -0.39 is 17.7 Å². The fourth-order valence-corrected chi connectivity index (χ4v) is 3.99. The molecule has 2 heterocycles. The zero-order valence-electron chi connectivity index (χ0n) is 21.5. The molecule has 9 heteroatoms. The van der Waals surface area contributed by atoms with Gasteiger partial charge in [0, 0.05) is 47.7 Å². The highest BCUT2D eigenvalue weighted by Gasteiger charge is 2.16. The van der Waals surface area contributed by atoms with Crippen molar-refractivity contribution in [2.24, 2.45) is 0 Å². The number of anilines is 1. The van der Waals surface area contributed by atoms with Gasteiger partial charge < -0.3 is 25.0 Å². The Hall–Kier alpha value is -4.66. The van der Waals surface area contributed by atoms with Crippen LogP contribution in [0, 0.1) is 0 Å². The third kappa shape index (κ3) is 6.56. The third-order valence-corrected chi connectivity index (χ3v) is 5.66. The number of pyridine rings is 1.